The molecular weight excluding hydrogens is 292 g/mol. The predicted molar refractivity (Wildman–Crippen MR) is 95.5 cm³/mol. The zero-order valence-electron chi connectivity index (χ0n) is 13.0. The summed E-state index contributed by atoms with van der Waals surface area (Å²) in [5.74, 6) is 1.08. The number of aliphatic imine (C=N–C) groups is 1. The molecule has 114 valence electrons. The number of piperazine rings is 1. The van der Waals surface area contributed by atoms with Crippen LogP contribution in [0.25, 0.3) is 10.9 Å². The Morgan fingerprint density at radius 3 is 2.68 bits per heavy atom. The highest BCUT2D eigenvalue weighted by atomic mass is 32.1. The Labute approximate surface area is 136 Å². The third-order valence-electron chi connectivity index (χ3n) is 4.30. The zero-order valence-corrected chi connectivity index (χ0v) is 13.9. The summed E-state index contributed by atoms with van der Waals surface area (Å²) in [5, 5.41) is 3.54. The van der Waals surface area contributed by atoms with Crippen molar-refractivity contribution in [1.29, 1.82) is 0 Å². The Bertz CT molecular complexity index is 729. The molecule has 1 aliphatic rings. The number of thiocarbonyl (C=S) groups is 1. The quantitative estimate of drug-likeness (QED) is 0.642. The van der Waals surface area contributed by atoms with Crippen LogP contribution < -0.4 is 4.90 Å². The molecule has 0 saturated carbocycles. The van der Waals surface area contributed by atoms with Crippen LogP contribution in [-0.4, -0.2) is 47.8 Å². The van der Waals surface area contributed by atoms with E-state index in [1.807, 2.05) is 18.2 Å². The Kier molecular flexibility index (Phi) is 4.48. The average molecular weight is 312 g/mol. The van der Waals surface area contributed by atoms with Gasteiger partial charge in [-0.3, -0.25) is 0 Å². The Morgan fingerprint density at radius 2 is 2.00 bits per heavy atom. The van der Waals surface area contributed by atoms with Crippen LogP contribution in [0.1, 0.15) is 12.5 Å². The fraction of sp³-hybridized carbons (Fsp3) is 0.412. The molecule has 0 N–H and O–H groups in total. The number of pyridine rings is 1. The molecule has 2 heterocycles. The Hall–Kier alpha value is -1.81. The van der Waals surface area contributed by atoms with Gasteiger partial charge in [0.25, 0.3) is 0 Å². The summed E-state index contributed by atoms with van der Waals surface area (Å²) in [7, 11) is 0. The van der Waals surface area contributed by atoms with Crippen LogP contribution in [-0.2, 0) is 0 Å². The first-order valence-corrected chi connectivity index (χ1v) is 8.08. The number of anilines is 1. The van der Waals surface area contributed by atoms with E-state index in [0.29, 0.717) is 0 Å². The number of isothiocyanates is 1. The second kappa shape index (κ2) is 6.53. The minimum atomic E-state index is 0.830. The Morgan fingerprint density at radius 1 is 1.23 bits per heavy atom. The highest BCUT2D eigenvalue weighted by molar-refractivity contribution is 7.78. The van der Waals surface area contributed by atoms with Gasteiger partial charge in [-0.2, -0.15) is 4.99 Å². The first-order chi connectivity index (χ1) is 10.7. The van der Waals surface area contributed by atoms with E-state index in [1.54, 1.807) is 0 Å². The lowest BCUT2D eigenvalue weighted by atomic mass is 10.1. The summed E-state index contributed by atoms with van der Waals surface area (Å²) in [5.41, 5.74) is 3.06. The largest absolute Gasteiger partial charge is 0.354 e. The van der Waals surface area contributed by atoms with Crippen LogP contribution in [0.5, 0.6) is 0 Å². The van der Waals surface area contributed by atoms with Gasteiger partial charge in [-0.05, 0) is 55.5 Å². The molecule has 0 spiro atoms. The van der Waals surface area contributed by atoms with Gasteiger partial charge in [-0.25, -0.2) is 4.98 Å². The first kappa shape index (κ1) is 15.1. The lowest BCUT2D eigenvalue weighted by Crippen LogP contribution is -2.46. The van der Waals surface area contributed by atoms with Crippen molar-refractivity contribution in [3.8, 4) is 0 Å². The molecule has 4 nitrogen and oxygen atoms in total. The van der Waals surface area contributed by atoms with E-state index >= 15 is 0 Å². The molecule has 1 saturated heterocycles. The molecule has 3 rings (SSSR count). The van der Waals surface area contributed by atoms with Crippen molar-refractivity contribution >= 4 is 39.8 Å². The molecule has 1 aromatic heterocycles. The van der Waals surface area contributed by atoms with Crippen molar-refractivity contribution in [2.24, 2.45) is 4.99 Å². The zero-order chi connectivity index (χ0) is 15.5. The number of nitrogens with zero attached hydrogens (tertiary/aromatic N) is 4. The summed E-state index contributed by atoms with van der Waals surface area (Å²) >= 11 is 4.67. The number of aryl methyl sites for hydroxylation is 1. The number of likely N-dealkylation sites (N-methyl/N-ethyl adjacent to an activating group) is 1. The number of aromatic nitrogens is 1. The van der Waals surface area contributed by atoms with E-state index in [4.69, 9.17) is 4.98 Å². The molecular formula is C17H20N4S. The summed E-state index contributed by atoms with van der Waals surface area (Å²) in [6.07, 6.45) is 0. The van der Waals surface area contributed by atoms with Gasteiger partial charge in [0.05, 0.1) is 16.4 Å². The fourth-order valence-corrected chi connectivity index (χ4v) is 3.05. The molecule has 0 aliphatic carbocycles. The average Bonchev–Trinajstić information content (AvgIpc) is 2.55. The molecule has 0 bridgehead atoms. The van der Waals surface area contributed by atoms with Crippen molar-refractivity contribution in [2.45, 2.75) is 13.8 Å². The van der Waals surface area contributed by atoms with Crippen LogP contribution in [0.4, 0.5) is 11.5 Å². The normalized spacial score (nSPS) is 15.8. The summed E-state index contributed by atoms with van der Waals surface area (Å²) < 4.78 is 0. The second-order valence-corrected chi connectivity index (χ2v) is 5.81. The third-order valence-corrected chi connectivity index (χ3v) is 4.40. The Balaban J connectivity index is 1.92. The van der Waals surface area contributed by atoms with Crippen LogP contribution in [0.2, 0.25) is 0 Å². The van der Waals surface area contributed by atoms with Crippen molar-refractivity contribution in [3.05, 3.63) is 29.8 Å². The number of hydrogen-bond acceptors (Lipinski definition) is 5. The highest BCUT2D eigenvalue weighted by Gasteiger charge is 2.17. The molecule has 0 radical (unpaired) electrons. The SMILES string of the molecule is CCN1CCN(c2cc(C)c3cc(N=C=S)ccc3n2)CC1. The number of rotatable bonds is 3. The van der Waals surface area contributed by atoms with Crippen LogP contribution >= 0.6 is 12.2 Å². The third kappa shape index (κ3) is 3.02. The summed E-state index contributed by atoms with van der Waals surface area (Å²) in [4.78, 5) is 13.7. The number of hydrogen-bond donors (Lipinski definition) is 0. The monoisotopic (exact) mass is 312 g/mol. The number of benzene rings is 1. The van der Waals surface area contributed by atoms with Gasteiger partial charge in [-0.15, -0.1) is 0 Å². The maximum absolute atomic E-state index is 4.83. The molecule has 22 heavy (non-hydrogen) atoms. The maximum Gasteiger partial charge on any atom is 0.129 e. The number of fused-ring (bicyclic) bond motifs is 1. The van der Waals surface area contributed by atoms with Gasteiger partial charge in [-0.1, -0.05) is 6.92 Å². The summed E-state index contributed by atoms with van der Waals surface area (Å²) in [6.45, 7) is 9.77. The summed E-state index contributed by atoms with van der Waals surface area (Å²) in [6, 6.07) is 8.15. The van der Waals surface area contributed by atoms with Crippen molar-refractivity contribution in [1.82, 2.24) is 9.88 Å². The fourth-order valence-electron chi connectivity index (χ4n) is 2.94. The van der Waals surface area contributed by atoms with Crippen LogP contribution in [0.15, 0.2) is 29.3 Å². The van der Waals surface area contributed by atoms with Crippen molar-refractivity contribution in [3.63, 3.8) is 0 Å². The van der Waals surface area contributed by atoms with Gasteiger partial charge in [0, 0.05) is 31.6 Å². The van der Waals surface area contributed by atoms with Gasteiger partial charge in [0.15, 0.2) is 0 Å². The van der Waals surface area contributed by atoms with E-state index < -0.39 is 0 Å². The van der Waals surface area contributed by atoms with Crippen molar-refractivity contribution < 1.29 is 0 Å². The molecule has 0 atom stereocenters. The standard InChI is InChI=1S/C17H20N4S/c1-3-20-6-8-21(9-7-20)17-10-13(2)15-11-14(18-12-22)4-5-16(15)19-17/h4-5,10-11H,3,6-9H2,1-2H3. The lowest BCUT2D eigenvalue weighted by Gasteiger charge is -2.35. The molecule has 1 aliphatic heterocycles. The second-order valence-electron chi connectivity index (χ2n) is 5.62. The molecule has 1 fully saturated rings. The van der Waals surface area contributed by atoms with Crippen LogP contribution in [0.3, 0.4) is 0 Å². The van der Waals surface area contributed by atoms with E-state index in [1.165, 1.54) is 5.56 Å². The van der Waals surface area contributed by atoms with E-state index in [9.17, 15) is 0 Å². The van der Waals surface area contributed by atoms with Gasteiger partial charge in [0.1, 0.15) is 5.82 Å². The predicted octanol–water partition coefficient (Wildman–Crippen LogP) is 3.42. The first-order valence-electron chi connectivity index (χ1n) is 7.68. The topological polar surface area (TPSA) is 31.7 Å². The highest BCUT2D eigenvalue weighted by Crippen LogP contribution is 2.26. The molecule has 0 amide bonds. The lowest BCUT2D eigenvalue weighted by molar-refractivity contribution is 0.270. The van der Waals surface area contributed by atoms with Gasteiger partial charge >= 0.3 is 0 Å². The smallest absolute Gasteiger partial charge is 0.129 e. The van der Waals surface area contributed by atoms with Crippen molar-refractivity contribution in [2.75, 3.05) is 37.6 Å². The molecule has 2 aromatic rings. The molecule has 1 aromatic carbocycles. The minimum Gasteiger partial charge on any atom is -0.354 e. The van der Waals surface area contributed by atoms with Gasteiger partial charge in [0.2, 0.25) is 0 Å². The maximum atomic E-state index is 4.83. The minimum absolute atomic E-state index is 0.830. The molecule has 0 unspecified atom stereocenters. The van der Waals surface area contributed by atoms with Gasteiger partial charge < -0.3 is 9.80 Å². The van der Waals surface area contributed by atoms with E-state index in [0.717, 1.165) is 55.1 Å². The molecule has 5 heteroatoms. The van der Waals surface area contributed by atoms with Crippen LogP contribution in [0, 0.1) is 6.92 Å². The van der Waals surface area contributed by atoms with E-state index in [2.05, 4.69) is 52.1 Å². The van der Waals surface area contributed by atoms with E-state index in [-0.39, 0.29) is 0 Å².